The van der Waals surface area contributed by atoms with Crippen molar-refractivity contribution in [1.29, 1.82) is 0 Å². The third-order valence-electron chi connectivity index (χ3n) is 6.24. The monoisotopic (exact) mass is 478 g/mol. The van der Waals surface area contributed by atoms with Gasteiger partial charge in [0.2, 0.25) is 0 Å². The molecule has 0 bridgehead atoms. The maximum atomic E-state index is 15.9. The second kappa shape index (κ2) is 8.95. The summed E-state index contributed by atoms with van der Waals surface area (Å²) in [7, 11) is 0. The molecule has 1 fully saturated rings. The number of carboxylic acids is 1. The molecule has 1 aliphatic rings. The molecule has 5 nitrogen and oxygen atoms in total. The van der Waals surface area contributed by atoms with Gasteiger partial charge in [-0.2, -0.15) is 0 Å². The molecule has 2 atom stereocenters. The molecule has 0 aliphatic heterocycles. The quantitative estimate of drug-likeness (QED) is 0.303. The fourth-order valence-electron chi connectivity index (χ4n) is 4.58. The average Bonchev–Trinajstić information content (AvgIpc) is 3.47. The van der Waals surface area contributed by atoms with E-state index in [0.29, 0.717) is 35.5 Å². The van der Waals surface area contributed by atoms with Crippen molar-refractivity contribution in [3.63, 3.8) is 0 Å². The number of thiazole rings is 1. The standard InChI is InChI=1S/C26H20F2N2O3S/c27-15-9-12-21-20(13-15)29-26(34-21)30-23-16(14-5-2-1-3-6-14)10-11-19(22(23)28)24(31)17-7-4-8-18(17)25(32)33/h1-3,5-6,9-13,17-18H,4,7-8H2,(H,29,30)(H,32,33)/t17-,18-/m1/s1. The highest BCUT2D eigenvalue weighted by molar-refractivity contribution is 7.22. The van der Waals surface area contributed by atoms with Crippen LogP contribution in [0.4, 0.5) is 19.6 Å². The van der Waals surface area contributed by atoms with Gasteiger partial charge in [0.15, 0.2) is 16.7 Å². The summed E-state index contributed by atoms with van der Waals surface area (Å²) >= 11 is 1.24. The van der Waals surface area contributed by atoms with Gasteiger partial charge < -0.3 is 10.4 Å². The van der Waals surface area contributed by atoms with Crippen LogP contribution in [0.15, 0.2) is 60.7 Å². The van der Waals surface area contributed by atoms with Crippen molar-refractivity contribution in [2.24, 2.45) is 11.8 Å². The molecule has 3 aromatic carbocycles. The average molecular weight is 479 g/mol. The molecule has 4 aromatic rings. The molecule has 5 rings (SSSR count). The van der Waals surface area contributed by atoms with E-state index in [9.17, 15) is 19.1 Å². The smallest absolute Gasteiger partial charge is 0.307 e. The van der Waals surface area contributed by atoms with Gasteiger partial charge in [0.25, 0.3) is 0 Å². The van der Waals surface area contributed by atoms with Crippen LogP contribution in [-0.2, 0) is 4.79 Å². The van der Waals surface area contributed by atoms with E-state index in [4.69, 9.17) is 0 Å². The number of hydrogen-bond acceptors (Lipinski definition) is 5. The molecule has 1 aliphatic carbocycles. The Balaban J connectivity index is 1.59. The Labute approximate surface area is 198 Å². The van der Waals surface area contributed by atoms with Crippen molar-refractivity contribution in [3.8, 4) is 11.1 Å². The second-order valence-electron chi connectivity index (χ2n) is 8.32. The van der Waals surface area contributed by atoms with E-state index in [2.05, 4.69) is 10.3 Å². The van der Waals surface area contributed by atoms with Crippen molar-refractivity contribution in [3.05, 3.63) is 77.9 Å². The molecule has 0 amide bonds. The van der Waals surface area contributed by atoms with E-state index in [1.165, 1.54) is 29.5 Å². The highest BCUT2D eigenvalue weighted by Crippen LogP contribution is 2.40. The number of nitrogens with zero attached hydrogens (tertiary/aromatic N) is 1. The molecule has 0 radical (unpaired) electrons. The zero-order valence-electron chi connectivity index (χ0n) is 17.9. The maximum absolute atomic E-state index is 15.9. The molecule has 34 heavy (non-hydrogen) atoms. The number of carbonyl (C=O) groups excluding carboxylic acids is 1. The number of rotatable bonds is 6. The summed E-state index contributed by atoms with van der Waals surface area (Å²) in [5, 5.41) is 12.8. The molecule has 172 valence electrons. The lowest BCUT2D eigenvalue weighted by Crippen LogP contribution is -2.26. The summed E-state index contributed by atoms with van der Waals surface area (Å²) < 4.78 is 30.3. The Kier molecular flexibility index (Phi) is 5.83. The number of fused-ring (bicyclic) bond motifs is 1. The van der Waals surface area contributed by atoms with E-state index < -0.39 is 35.2 Å². The normalized spacial score (nSPS) is 17.7. The van der Waals surface area contributed by atoms with Crippen molar-refractivity contribution < 1.29 is 23.5 Å². The summed E-state index contributed by atoms with van der Waals surface area (Å²) in [6.07, 6.45) is 1.44. The van der Waals surface area contributed by atoms with Crippen molar-refractivity contribution in [2.75, 3.05) is 5.32 Å². The Morgan fingerprint density at radius 1 is 1.00 bits per heavy atom. The molecular formula is C26H20F2N2O3S. The van der Waals surface area contributed by atoms with Crippen LogP contribution in [-0.4, -0.2) is 21.8 Å². The first-order chi connectivity index (χ1) is 16.4. The van der Waals surface area contributed by atoms with E-state index in [1.807, 2.05) is 30.3 Å². The third kappa shape index (κ3) is 4.05. The van der Waals surface area contributed by atoms with Gasteiger partial charge in [-0.3, -0.25) is 9.59 Å². The first-order valence-electron chi connectivity index (χ1n) is 10.9. The lowest BCUT2D eigenvalue weighted by Gasteiger charge is -2.18. The minimum Gasteiger partial charge on any atom is -0.481 e. The van der Waals surface area contributed by atoms with Gasteiger partial charge in [-0.05, 0) is 36.6 Å². The molecule has 8 heteroatoms. The van der Waals surface area contributed by atoms with Crippen LogP contribution < -0.4 is 5.32 Å². The van der Waals surface area contributed by atoms with E-state index in [1.54, 1.807) is 12.1 Å². The number of hydrogen-bond donors (Lipinski definition) is 2. The first kappa shape index (κ1) is 22.2. The topological polar surface area (TPSA) is 79.3 Å². The van der Waals surface area contributed by atoms with Crippen molar-refractivity contribution >= 4 is 44.1 Å². The van der Waals surface area contributed by atoms with E-state index in [0.717, 1.165) is 10.3 Å². The fourth-order valence-corrected chi connectivity index (χ4v) is 5.43. The molecular weight excluding hydrogens is 458 g/mol. The Bertz CT molecular complexity index is 1400. The Morgan fingerprint density at radius 2 is 1.76 bits per heavy atom. The van der Waals surface area contributed by atoms with Gasteiger partial charge in [0, 0.05) is 17.5 Å². The van der Waals surface area contributed by atoms with Crippen LogP contribution in [0.1, 0.15) is 29.6 Å². The van der Waals surface area contributed by atoms with Crippen LogP contribution in [0.5, 0.6) is 0 Å². The van der Waals surface area contributed by atoms with Gasteiger partial charge in [0.05, 0.1) is 27.4 Å². The number of carbonyl (C=O) groups is 2. The Morgan fingerprint density at radius 3 is 2.53 bits per heavy atom. The lowest BCUT2D eigenvalue weighted by atomic mass is 9.87. The second-order valence-corrected chi connectivity index (χ2v) is 9.35. The third-order valence-corrected chi connectivity index (χ3v) is 7.20. The fraction of sp³-hybridized carbons (Fsp3) is 0.192. The number of halogens is 2. The Hall–Kier alpha value is -3.65. The maximum Gasteiger partial charge on any atom is 0.307 e. The van der Waals surface area contributed by atoms with Gasteiger partial charge in [0.1, 0.15) is 5.82 Å². The number of aliphatic carboxylic acids is 1. The number of ketones is 1. The molecule has 0 unspecified atom stereocenters. The number of benzene rings is 3. The molecule has 1 heterocycles. The van der Waals surface area contributed by atoms with Gasteiger partial charge in [-0.1, -0.05) is 54.2 Å². The van der Waals surface area contributed by atoms with Gasteiger partial charge in [-0.25, -0.2) is 13.8 Å². The lowest BCUT2D eigenvalue weighted by molar-refractivity contribution is -0.142. The predicted molar refractivity (Wildman–Crippen MR) is 127 cm³/mol. The minimum atomic E-state index is -1.03. The summed E-state index contributed by atoms with van der Waals surface area (Å²) in [4.78, 5) is 29.2. The summed E-state index contributed by atoms with van der Waals surface area (Å²) in [6, 6.07) is 16.5. The van der Waals surface area contributed by atoms with E-state index in [-0.39, 0.29) is 11.3 Å². The number of nitrogens with one attached hydrogen (secondary N) is 1. The van der Waals surface area contributed by atoms with Crippen LogP contribution in [0.3, 0.4) is 0 Å². The summed E-state index contributed by atoms with van der Waals surface area (Å²) in [6.45, 7) is 0. The van der Waals surface area contributed by atoms with Crippen LogP contribution >= 0.6 is 11.3 Å². The summed E-state index contributed by atoms with van der Waals surface area (Å²) in [5.41, 5.74) is 1.63. The van der Waals surface area contributed by atoms with Crippen molar-refractivity contribution in [1.82, 2.24) is 4.98 Å². The number of Topliss-reactive ketones (excluding diaryl/α,β-unsaturated/α-hetero) is 1. The molecule has 1 saturated carbocycles. The van der Waals surface area contributed by atoms with Crippen molar-refractivity contribution in [2.45, 2.75) is 19.3 Å². The number of anilines is 2. The SMILES string of the molecule is O=C(O)[C@@H]1CCC[C@H]1C(=O)c1ccc(-c2ccccc2)c(Nc2nc3cc(F)ccc3s2)c1F. The summed E-state index contributed by atoms with van der Waals surface area (Å²) in [5.74, 6) is -4.27. The molecule has 0 spiro atoms. The zero-order valence-corrected chi connectivity index (χ0v) is 18.7. The molecule has 0 saturated heterocycles. The number of carboxylic acid groups (broad SMARTS) is 1. The van der Waals surface area contributed by atoms with Crippen LogP contribution in [0.2, 0.25) is 0 Å². The first-order valence-corrected chi connectivity index (χ1v) is 11.7. The molecule has 1 aromatic heterocycles. The highest BCUT2D eigenvalue weighted by Gasteiger charge is 2.39. The highest BCUT2D eigenvalue weighted by atomic mass is 32.1. The molecule has 2 N–H and O–H groups in total. The van der Waals surface area contributed by atoms with Crippen LogP contribution in [0.25, 0.3) is 21.3 Å². The predicted octanol–water partition coefficient (Wildman–Crippen LogP) is 6.67. The van der Waals surface area contributed by atoms with Gasteiger partial charge >= 0.3 is 5.97 Å². The number of aromatic nitrogens is 1. The minimum absolute atomic E-state index is 0.0708. The zero-order chi connectivity index (χ0) is 23.8. The largest absolute Gasteiger partial charge is 0.481 e. The van der Waals surface area contributed by atoms with E-state index >= 15 is 4.39 Å². The van der Waals surface area contributed by atoms with Gasteiger partial charge in [-0.15, -0.1) is 0 Å². The van der Waals surface area contributed by atoms with Crippen LogP contribution in [0, 0.1) is 23.5 Å².